The van der Waals surface area contributed by atoms with Crippen LogP contribution in [0, 0.1) is 0 Å². The summed E-state index contributed by atoms with van der Waals surface area (Å²) in [6.45, 7) is 8.57. The van der Waals surface area contributed by atoms with Crippen molar-refractivity contribution in [2.75, 3.05) is 35.3 Å². The highest BCUT2D eigenvalue weighted by Crippen LogP contribution is 2.16. The van der Waals surface area contributed by atoms with Crippen LogP contribution in [0.5, 0.6) is 0 Å². The predicted octanol–water partition coefficient (Wildman–Crippen LogP) is 3.62. The van der Waals surface area contributed by atoms with Gasteiger partial charge in [0.05, 0.1) is 11.9 Å². The lowest BCUT2D eigenvalue weighted by Crippen LogP contribution is -2.34. The second-order valence-electron chi connectivity index (χ2n) is 5.57. The van der Waals surface area contributed by atoms with Gasteiger partial charge in [0.25, 0.3) is 0 Å². The number of ether oxygens (including phenoxy) is 1. The molecule has 0 saturated carbocycles. The van der Waals surface area contributed by atoms with E-state index in [4.69, 9.17) is 4.74 Å². The number of carbonyl (C=O) groups is 1. The third-order valence-corrected chi connectivity index (χ3v) is 3.44. The molecular weight excluding hydrogens is 286 g/mol. The van der Waals surface area contributed by atoms with Gasteiger partial charge in [-0.2, -0.15) is 11.8 Å². The Morgan fingerprint density at radius 2 is 2.14 bits per heavy atom. The van der Waals surface area contributed by atoms with Crippen LogP contribution in [0.4, 0.5) is 16.3 Å². The second-order valence-corrected chi connectivity index (χ2v) is 6.96. The molecule has 1 aromatic rings. The van der Waals surface area contributed by atoms with Gasteiger partial charge < -0.3 is 10.1 Å². The number of nitrogens with zero attached hydrogens (tertiary/aromatic N) is 2. The van der Waals surface area contributed by atoms with Crippen molar-refractivity contribution in [1.82, 2.24) is 4.98 Å². The fourth-order valence-electron chi connectivity index (χ4n) is 1.52. The first-order valence-corrected chi connectivity index (χ1v) is 8.23. The third-order valence-electron chi connectivity index (χ3n) is 2.54. The first-order valence-electron chi connectivity index (χ1n) is 7.08. The first-order chi connectivity index (χ1) is 9.83. The molecule has 118 valence electrons. The molecule has 6 heteroatoms. The maximum absolute atomic E-state index is 11.9. The van der Waals surface area contributed by atoms with Gasteiger partial charge in [-0.05, 0) is 38.7 Å². The number of pyridine rings is 1. The van der Waals surface area contributed by atoms with Crippen LogP contribution >= 0.6 is 11.8 Å². The molecule has 0 atom stereocenters. The molecule has 0 bridgehead atoms. The molecule has 21 heavy (non-hydrogen) atoms. The highest BCUT2D eigenvalue weighted by molar-refractivity contribution is 7.99. The molecule has 5 nitrogen and oxygen atoms in total. The van der Waals surface area contributed by atoms with Gasteiger partial charge in [0.15, 0.2) is 0 Å². The fraction of sp³-hybridized carbons (Fsp3) is 0.600. The van der Waals surface area contributed by atoms with Gasteiger partial charge in [-0.1, -0.05) is 6.92 Å². The minimum Gasteiger partial charge on any atom is -0.443 e. The lowest BCUT2D eigenvalue weighted by atomic mass is 10.2. The molecule has 0 radical (unpaired) electrons. The summed E-state index contributed by atoms with van der Waals surface area (Å²) in [5.41, 5.74) is 0.442. The molecule has 1 rings (SSSR count). The molecule has 0 unspecified atom stereocenters. The molecule has 0 fully saturated rings. The van der Waals surface area contributed by atoms with Crippen LogP contribution in [0.25, 0.3) is 0 Å². The van der Waals surface area contributed by atoms with Crippen molar-refractivity contribution in [3.05, 3.63) is 18.3 Å². The van der Waals surface area contributed by atoms with Gasteiger partial charge in [0, 0.05) is 19.3 Å². The standard InChI is InChI=1S/C15H25N3O2S/c1-6-21-10-9-16-12-7-8-13(17-11-12)18(5)14(19)20-15(2,3)4/h7-8,11,16H,6,9-10H2,1-5H3. The van der Waals surface area contributed by atoms with Gasteiger partial charge in [0.1, 0.15) is 11.4 Å². The van der Waals surface area contributed by atoms with E-state index in [0.717, 1.165) is 23.7 Å². The van der Waals surface area contributed by atoms with E-state index in [2.05, 4.69) is 17.2 Å². The lowest BCUT2D eigenvalue weighted by Gasteiger charge is -2.24. The van der Waals surface area contributed by atoms with Crippen LogP contribution in [-0.4, -0.2) is 41.8 Å². The summed E-state index contributed by atoms with van der Waals surface area (Å²) < 4.78 is 5.30. The molecule has 1 N–H and O–H groups in total. The van der Waals surface area contributed by atoms with E-state index in [1.54, 1.807) is 19.3 Å². The van der Waals surface area contributed by atoms with E-state index < -0.39 is 11.7 Å². The summed E-state index contributed by atoms with van der Waals surface area (Å²) in [6.07, 6.45) is 1.32. The molecule has 0 aromatic carbocycles. The van der Waals surface area contributed by atoms with Crippen LogP contribution in [-0.2, 0) is 4.74 Å². The molecule has 1 heterocycles. The molecule has 0 aliphatic heterocycles. The largest absolute Gasteiger partial charge is 0.443 e. The van der Waals surface area contributed by atoms with E-state index in [0.29, 0.717) is 5.82 Å². The molecule has 0 aliphatic carbocycles. The van der Waals surface area contributed by atoms with Crippen molar-refractivity contribution in [2.45, 2.75) is 33.3 Å². The van der Waals surface area contributed by atoms with Crippen molar-refractivity contribution in [3.63, 3.8) is 0 Å². The number of rotatable bonds is 6. The number of aromatic nitrogens is 1. The quantitative estimate of drug-likeness (QED) is 0.813. The third kappa shape index (κ3) is 6.71. The average molecular weight is 311 g/mol. The molecule has 0 spiro atoms. The maximum Gasteiger partial charge on any atom is 0.415 e. The van der Waals surface area contributed by atoms with Gasteiger partial charge in [-0.25, -0.2) is 9.78 Å². The molecule has 1 amide bonds. The lowest BCUT2D eigenvalue weighted by molar-refractivity contribution is 0.0588. The Labute approximate surface area is 131 Å². The SMILES string of the molecule is CCSCCNc1ccc(N(C)C(=O)OC(C)(C)C)nc1. The number of anilines is 2. The summed E-state index contributed by atoms with van der Waals surface area (Å²) in [4.78, 5) is 17.6. The summed E-state index contributed by atoms with van der Waals surface area (Å²) in [7, 11) is 1.65. The summed E-state index contributed by atoms with van der Waals surface area (Å²) >= 11 is 1.89. The van der Waals surface area contributed by atoms with Crippen molar-refractivity contribution >= 4 is 29.4 Å². The summed E-state index contributed by atoms with van der Waals surface area (Å²) in [6, 6.07) is 3.72. The fourth-order valence-corrected chi connectivity index (χ4v) is 2.06. The van der Waals surface area contributed by atoms with Gasteiger partial charge >= 0.3 is 6.09 Å². The van der Waals surface area contributed by atoms with Gasteiger partial charge in [-0.15, -0.1) is 0 Å². The number of amides is 1. The minimum absolute atomic E-state index is 0.407. The smallest absolute Gasteiger partial charge is 0.415 e. The monoisotopic (exact) mass is 311 g/mol. The Morgan fingerprint density at radius 1 is 1.43 bits per heavy atom. The number of hydrogen-bond acceptors (Lipinski definition) is 5. The average Bonchev–Trinajstić information content (AvgIpc) is 2.41. The number of carbonyl (C=O) groups excluding carboxylic acids is 1. The van der Waals surface area contributed by atoms with Gasteiger partial charge in [0.2, 0.25) is 0 Å². The zero-order valence-corrected chi connectivity index (χ0v) is 14.3. The van der Waals surface area contributed by atoms with E-state index >= 15 is 0 Å². The number of hydrogen-bond donors (Lipinski definition) is 1. The summed E-state index contributed by atoms with van der Waals surface area (Å²) in [5.74, 6) is 2.76. The zero-order valence-electron chi connectivity index (χ0n) is 13.5. The van der Waals surface area contributed by atoms with Crippen molar-refractivity contribution < 1.29 is 9.53 Å². The highest BCUT2D eigenvalue weighted by Gasteiger charge is 2.21. The molecule has 0 saturated heterocycles. The number of thioether (sulfide) groups is 1. The van der Waals surface area contributed by atoms with Crippen molar-refractivity contribution in [1.29, 1.82) is 0 Å². The van der Waals surface area contributed by atoms with Crippen LogP contribution in [0.15, 0.2) is 18.3 Å². The Balaban J connectivity index is 2.54. The maximum atomic E-state index is 11.9. The summed E-state index contributed by atoms with van der Waals surface area (Å²) in [5, 5.41) is 3.30. The van der Waals surface area contributed by atoms with E-state index in [1.165, 1.54) is 4.90 Å². The van der Waals surface area contributed by atoms with Crippen molar-refractivity contribution in [2.24, 2.45) is 0 Å². The molecule has 0 aliphatic rings. The Kier molecular flexibility index (Phi) is 6.81. The highest BCUT2D eigenvalue weighted by atomic mass is 32.2. The Morgan fingerprint density at radius 3 is 2.67 bits per heavy atom. The van der Waals surface area contributed by atoms with E-state index in [-0.39, 0.29) is 0 Å². The topological polar surface area (TPSA) is 54.5 Å². The second kappa shape index (κ2) is 8.12. The Hall–Kier alpha value is -1.43. The van der Waals surface area contributed by atoms with E-state index in [1.807, 2.05) is 38.6 Å². The Bertz CT molecular complexity index is 443. The van der Waals surface area contributed by atoms with E-state index in [9.17, 15) is 4.79 Å². The molecule has 1 aromatic heterocycles. The van der Waals surface area contributed by atoms with Crippen molar-refractivity contribution in [3.8, 4) is 0 Å². The van der Waals surface area contributed by atoms with Crippen LogP contribution < -0.4 is 10.2 Å². The first kappa shape index (κ1) is 17.6. The van der Waals surface area contributed by atoms with Crippen LogP contribution in [0.3, 0.4) is 0 Å². The molecular formula is C15H25N3O2S. The van der Waals surface area contributed by atoms with Crippen LogP contribution in [0.1, 0.15) is 27.7 Å². The van der Waals surface area contributed by atoms with Gasteiger partial charge in [-0.3, -0.25) is 4.90 Å². The normalized spacial score (nSPS) is 11.1. The minimum atomic E-state index is -0.510. The zero-order chi connectivity index (χ0) is 15.9. The number of nitrogens with one attached hydrogen (secondary N) is 1. The van der Waals surface area contributed by atoms with Crippen LogP contribution in [0.2, 0.25) is 0 Å². The predicted molar refractivity (Wildman–Crippen MR) is 90.4 cm³/mol.